The van der Waals surface area contributed by atoms with Crippen molar-refractivity contribution in [2.45, 2.75) is 32.0 Å². The molecular formula is C14H17NO4. The molecule has 19 heavy (non-hydrogen) atoms. The molecular weight excluding hydrogens is 246 g/mol. The van der Waals surface area contributed by atoms with E-state index in [1.54, 1.807) is 6.07 Å². The molecule has 5 heteroatoms. The van der Waals surface area contributed by atoms with Crippen LogP contribution in [0.1, 0.15) is 28.8 Å². The van der Waals surface area contributed by atoms with E-state index in [2.05, 4.69) is 5.32 Å². The van der Waals surface area contributed by atoms with Crippen LogP contribution in [0.25, 0.3) is 0 Å². The summed E-state index contributed by atoms with van der Waals surface area (Å²) in [7, 11) is 0. The molecule has 1 saturated heterocycles. The molecule has 1 aliphatic heterocycles. The largest absolute Gasteiger partial charge is 0.479 e. The highest BCUT2D eigenvalue weighted by molar-refractivity contribution is 5.94. The number of amides is 1. The van der Waals surface area contributed by atoms with Gasteiger partial charge in [0.05, 0.1) is 6.10 Å². The molecule has 1 amide bonds. The van der Waals surface area contributed by atoms with Crippen LogP contribution in [-0.2, 0) is 9.53 Å². The van der Waals surface area contributed by atoms with Crippen molar-refractivity contribution in [3.05, 3.63) is 35.4 Å². The quantitative estimate of drug-likeness (QED) is 0.860. The fraction of sp³-hybridized carbons (Fsp3) is 0.429. The fourth-order valence-electron chi connectivity index (χ4n) is 2.13. The van der Waals surface area contributed by atoms with E-state index >= 15 is 0 Å². The summed E-state index contributed by atoms with van der Waals surface area (Å²) >= 11 is 0. The minimum Gasteiger partial charge on any atom is -0.479 e. The molecule has 0 saturated carbocycles. The normalized spacial score (nSPS) is 22.2. The lowest BCUT2D eigenvalue weighted by atomic mass is 10.1. The Balaban J connectivity index is 1.83. The van der Waals surface area contributed by atoms with Crippen LogP contribution in [0.15, 0.2) is 24.3 Å². The lowest BCUT2D eigenvalue weighted by Gasteiger charge is -2.12. The van der Waals surface area contributed by atoms with E-state index in [1.165, 1.54) is 0 Å². The maximum Gasteiger partial charge on any atom is 0.332 e. The van der Waals surface area contributed by atoms with Gasteiger partial charge in [0, 0.05) is 12.1 Å². The number of carbonyl (C=O) groups excluding carboxylic acids is 1. The van der Waals surface area contributed by atoms with Gasteiger partial charge in [-0.1, -0.05) is 17.7 Å². The second-order valence-electron chi connectivity index (χ2n) is 4.74. The minimum absolute atomic E-state index is 0.161. The Labute approximate surface area is 111 Å². The molecule has 1 aromatic rings. The molecule has 5 nitrogen and oxygen atoms in total. The maximum absolute atomic E-state index is 11.9. The zero-order chi connectivity index (χ0) is 13.8. The number of carboxylic acids is 1. The smallest absolute Gasteiger partial charge is 0.332 e. The lowest BCUT2D eigenvalue weighted by molar-refractivity contribution is -0.149. The molecule has 102 valence electrons. The van der Waals surface area contributed by atoms with Gasteiger partial charge in [0.1, 0.15) is 0 Å². The Kier molecular flexibility index (Phi) is 4.16. The van der Waals surface area contributed by atoms with Crippen LogP contribution in [0.3, 0.4) is 0 Å². The summed E-state index contributed by atoms with van der Waals surface area (Å²) in [6.45, 7) is 2.27. The Bertz CT molecular complexity index is 486. The Morgan fingerprint density at radius 3 is 2.84 bits per heavy atom. The summed E-state index contributed by atoms with van der Waals surface area (Å²) in [5.41, 5.74) is 1.63. The Morgan fingerprint density at radius 2 is 2.21 bits per heavy atom. The van der Waals surface area contributed by atoms with Gasteiger partial charge < -0.3 is 15.2 Å². The van der Waals surface area contributed by atoms with Crippen LogP contribution in [0.4, 0.5) is 0 Å². The van der Waals surface area contributed by atoms with E-state index in [9.17, 15) is 9.59 Å². The average molecular weight is 263 g/mol. The Hall–Kier alpha value is -1.88. The summed E-state index contributed by atoms with van der Waals surface area (Å²) in [4.78, 5) is 22.6. The zero-order valence-electron chi connectivity index (χ0n) is 10.8. The van der Waals surface area contributed by atoms with Crippen molar-refractivity contribution in [3.63, 3.8) is 0 Å². The van der Waals surface area contributed by atoms with E-state index in [1.807, 2.05) is 25.1 Å². The number of aliphatic carboxylic acids is 1. The van der Waals surface area contributed by atoms with E-state index in [4.69, 9.17) is 9.84 Å². The van der Waals surface area contributed by atoms with Crippen LogP contribution < -0.4 is 5.32 Å². The predicted molar refractivity (Wildman–Crippen MR) is 69.0 cm³/mol. The first-order chi connectivity index (χ1) is 9.06. The number of aryl methyl sites for hydroxylation is 1. The molecule has 2 rings (SSSR count). The average Bonchev–Trinajstić information content (AvgIpc) is 2.85. The standard InChI is InChI=1S/C14H17NO4/c1-9-3-2-4-10(7-9)13(16)15-8-11-5-6-12(19-11)14(17)18/h2-4,7,11-12H,5-6,8H2,1H3,(H,15,16)(H,17,18). The van der Waals surface area contributed by atoms with Crippen molar-refractivity contribution in [1.82, 2.24) is 5.32 Å². The van der Waals surface area contributed by atoms with Gasteiger partial charge in [-0.15, -0.1) is 0 Å². The number of nitrogens with one attached hydrogen (secondary N) is 1. The first-order valence-electron chi connectivity index (χ1n) is 6.29. The van der Waals surface area contributed by atoms with Crippen molar-refractivity contribution in [2.75, 3.05) is 6.54 Å². The molecule has 0 bridgehead atoms. The van der Waals surface area contributed by atoms with Gasteiger partial charge in [-0.05, 0) is 31.9 Å². The summed E-state index contributed by atoms with van der Waals surface area (Å²) in [6, 6.07) is 7.31. The highest BCUT2D eigenvalue weighted by Crippen LogP contribution is 2.19. The third-order valence-electron chi connectivity index (χ3n) is 3.15. The maximum atomic E-state index is 11.9. The number of rotatable bonds is 4. The molecule has 0 spiro atoms. The molecule has 1 aliphatic rings. The number of hydrogen-bond acceptors (Lipinski definition) is 3. The highest BCUT2D eigenvalue weighted by atomic mass is 16.5. The van der Waals surface area contributed by atoms with Crippen molar-refractivity contribution in [3.8, 4) is 0 Å². The summed E-state index contributed by atoms with van der Waals surface area (Å²) in [5, 5.41) is 11.6. The van der Waals surface area contributed by atoms with E-state index < -0.39 is 12.1 Å². The van der Waals surface area contributed by atoms with Crippen LogP contribution in [-0.4, -0.2) is 35.7 Å². The van der Waals surface area contributed by atoms with Crippen molar-refractivity contribution in [1.29, 1.82) is 0 Å². The first kappa shape index (κ1) is 13.5. The fourth-order valence-corrected chi connectivity index (χ4v) is 2.13. The predicted octanol–water partition coefficient (Wildman–Crippen LogP) is 1.36. The van der Waals surface area contributed by atoms with E-state index in [0.29, 0.717) is 24.9 Å². The number of carboxylic acid groups (broad SMARTS) is 1. The number of ether oxygens (including phenoxy) is 1. The van der Waals surface area contributed by atoms with E-state index in [0.717, 1.165) is 5.56 Å². The minimum atomic E-state index is -0.937. The van der Waals surface area contributed by atoms with Crippen LogP contribution in [0.2, 0.25) is 0 Å². The molecule has 2 N–H and O–H groups in total. The van der Waals surface area contributed by atoms with Crippen LogP contribution >= 0.6 is 0 Å². The topological polar surface area (TPSA) is 75.6 Å². The van der Waals surface area contributed by atoms with Crippen molar-refractivity contribution >= 4 is 11.9 Å². The summed E-state index contributed by atoms with van der Waals surface area (Å²) < 4.78 is 5.32. The van der Waals surface area contributed by atoms with Crippen molar-refractivity contribution in [2.24, 2.45) is 0 Å². The summed E-state index contributed by atoms with van der Waals surface area (Å²) in [6.07, 6.45) is 0.210. The molecule has 1 heterocycles. The molecule has 2 atom stereocenters. The third-order valence-corrected chi connectivity index (χ3v) is 3.15. The molecule has 2 unspecified atom stereocenters. The second kappa shape index (κ2) is 5.84. The zero-order valence-corrected chi connectivity index (χ0v) is 10.8. The van der Waals surface area contributed by atoms with E-state index in [-0.39, 0.29) is 12.0 Å². The van der Waals surface area contributed by atoms with Gasteiger partial charge in [-0.2, -0.15) is 0 Å². The Morgan fingerprint density at radius 1 is 1.42 bits per heavy atom. The SMILES string of the molecule is Cc1cccc(C(=O)NCC2CCC(C(=O)O)O2)c1. The number of hydrogen-bond donors (Lipinski definition) is 2. The van der Waals surface area contributed by atoms with Crippen molar-refractivity contribution < 1.29 is 19.4 Å². The molecule has 0 aromatic heterocycles. The first-order valence-corrected chi connectivity index (χ1v) is 6.29. The van der Waals surface area contributed by atoms with Gasteiger partial charge in [0.15, 0.2) is 6.10 Å². The number of benzene rings is 1. The van der Waals surface area contributed by atoms with Gasteiger partial charge in [0.2, 0.25) is 0 Å². The van der Waals surface area contributed by atoms with Gasteiger partial charge in [0.25, 0.3) is 5.91 Å². The summed E-state index contributed by atoms with van der Waals surface area (Å²) in [5.74, 6) is -1.10. The van der Waals surface area contributed by atoms with Gasteiger partial charge in [-0.25, -0.2) is 4.79 Å². The molecule has 0 radical (unpaired) electrons. The molecule has 1 fully saturated rings. The van der Waals surface area contributed by atoms with Gasteiger partial charge in [-0.3, -0.25) is 4.79 Å². The van der Waals surface area contributed by atoms with Crippen LogP contribution in [0, 0.1) is 6.92 Å². The lowest BCUT2D eigenvalue weighted by Crippen LogP contribution is -2.33. The van der Waals surface area contributed by atoms with Crippen LogP contribution in [0.5, 0.6) is 0 Å². The highest BCUT2D eigenvalue weighted by Gasteiger charge is 2.30. The monoisotopic (exact) mass is 263 g/mol. The number of carbonyl (C=O) groups is 2. The molecule has 1 aromatic carbocycles. The third kappa shape index (κ3) is 3.54. The second-order valence-corrected chi connectivity index (χ2v) is 4.74. The van der Waals surface area contributed by atoms with Gasteiger partial charge >= 0.3 is 5.97 Å². The molecule has 0 aliphatic carbocycles.